The third-order valence-corrected chi connectivity index (χ3v) is 7.13. The van der Waals surface area contributed by atoms with Crippen LogP contribution >= 0.6 is 11.6 Å². The van der Waals surface area contributed by atoms with Gasteiger partial charge in [-0.05, 0) is 42.5 Å². The Balaban J connectivity index is 1.39. The maximum atomic E-state index is 12.6. The van der Waals surface area contributed by atoms with Gasteiger partial charge in [0.15, 0.2) is 6.61 Å². The Labute approximate surface area is 186 Å². The number of hydrogen-bond acceptors (Lipinski definition) is 4. The third-order valence-electron chi connectivity index (χ3n) is 5.31. The van der Waals surface area contributed by atoms with E-state index in [0.29, 0.717) is 5.69 Å². The number of nitrogens with one attached hydrogen (secondary N) is 2. The van der Waals surface area contributed by atoms with Gasteiger partial charge in [0.25, 0.3) is 5.91 Å². The molecule has 4 rings (SSSR count). The van der Waals surface area contributed by atoms with Gasteiger partial charge in [-0.25, -0.2) is 13.1 Å². The quantitative estimate of drug-likeness (QED) is 0.536. The van der Waals surface area contributed by atoms with Crippen molar-refractivity contribution in [2.24, 2.45) is 0 Å². The Morgan fingerprint density at radius 2 is 1.77 bits per heavy atom. The van der Waals surface area contributed by atoms with Crippen molar-refractivity contribution in [3.05, 3.63) is 65.7 Å². The van der Waals surface area contributed by atoms with Gasteiger partial charge in [-0.15, -0.1) is 0 Å². The SMILES string of the molecule is O=C(COc1ccc(S(=O)(=O)NC2CCCC2)cc1Cl)Nc1cccc2ccccc12. The van der Waals surface area contributed by atoms with Crippen LogP contribution in [0.4, 0.5) is 5.69 Å². The first kappa shape index (κ1) is 21.6. The van der Waals surface area contributed by atoms with E-state index in [-0.39, 0.29) is 34.2 Å². The molecule has 0 radical (unpaired) electrons. The minimum Gasteiger partial charge on any atom is -0.482 e. The molecule has 0 heterocycles. The maximum Gasteiger partial charge on any atom is 0.262 e. The largest absolute Gasteiger partial charge is 0.482 e. The van der Waals surface area contributed by atoms with E-state index >= 15 is 0 Å². The van der Waals surface area contributed by atoms with Crippen LogP contribution in [-0.2, 0) is 14.8 Å². The second-order valence-corrected chi connectivity index (χ2v) is 9.68. The number of fused-ring (bicyclic) bond motifs is 1. The minimum absolute atomic E-state index is 0.0301. The molecule has 0 bridgehead atoms. The lowest BCUT2D eigenvalue weighted by Gasteiger charge is -2.14. The zero-order valence-corrected chi connectivity index (χ0v) is 18.4. The number of halogens is 1. The average molecular weight is 459 g/mol. The van der Waals surface area contributed by atoms with Crippen LogP contribution in [0.15, 0.2) is 65.6 Å². The molecule has 0 spiro atoms. The summed E-state index contributed by atoms with van der Waals surface area (Å²) in [6, 6.07) is 17.6. The molecule has 6 nitrogen and oxygen atoms in total. The van der Waals surface area contributed by atoms with Crippen molar-refractivity contribution < 1.29 is 17.9 Å². The van der Waals surface area contributed by atoms with Gasteiger partial charge in [0.05, 0.1) is 9.92 Å². The Morgan fingerprint density at radius 1 is 1.03 bits per heavy atom. The Morgan fingerprint density at radius 3 is 2.55 bits per heavy atom. The van der Waals surface area contributed by atoms with Crippen LogP contribution < -0.4 is 14.8 Å². The van der Waals surface area contributed by atoms with Gasteiger partial charge in [0.2, 0.25) is 10.0 Å². The molecular weight excluding hydrogens is 436 g/mol. The van der Waals surface area contributed by atoms with E-state index < -0.39 is 10.0 Å². The summed E-state index contributed by atoms with van der Waals surface area (Å²) in [5, 5.41) is 4.92. The number of carbonyl (C=O) groups excluding carboxylic acids is 1. The van der Waals surface area contributed by atoms with Crippen molar-refractivity contribution in [1.82, 2.24) is 4.72 Å². The van der Waals surface area contributed by atoms with Crippen LogP contribution in [0.3, 0.4) is 0 Å². The summed E-state index contributed by atoms with van der Waals surface area (Å²) in [7, 11) is -3.65. The van der Waals surface area contributed by atoms with Crippen molar-refractivity contribution in [2.75, 3.05) is 11.9 Å². The number of ether oxygens (including phenoxy) is 1. The van der Waals surface area contributed by atoms with Crippen molar-refractivity contribution in [3.8, 4) is 5.75 Å². The summed E-state index contributed by atoms with van der Waals surface area (Å²) in [5.74, 6) is -0.0958. The van der Waals surface area contributed by atoms with Gasteiger partial charge < -0.3 is 10.1 Å². The highest BCUT2D eigenvalue weighted by Gasteiger charge is 2.23. The number of benzene rings is 3. The number of sulfonamides is 1. The Bertz CT molecular complexity index is 1200. The van der Waals surface area contributed by atoms with E-state index in [2.05, 4.69) is 10.0 Å². The summed E-state index contributed by atoms with van der Waals surface area (Å²) in [4.78, 5) is 12.5. The second kappa shape index (κ2) is 9.26. The van der Waals surface area contributed by atoms with E-state index in [4.69, 9.17) is 16.3 Å². The lowest BCUT2D eigenvalue weighted by Crippen LogP contribution is -2.32. The van der Waals surface area contributed by atoms with Crippen LogP contribution in [-0.4, -0.2) is 27.0 Å². The molecule has 8 heteroatoms. The van der Waals surface area contributed by atoms with Gasteiger partial charge in [-0.3, -0.25) is 4.79 Å². The molecule has 1 aliphatic rings. The van der Waals surface area contributed by atoms with Crippen LogP contribution in [0.25, 0.3) is 10.8 Å². The number of amides is 1. The highest BCUT2D eigenvalue weighted by Crippen LogP contribution is 2.29. The van der Waals surface area contributed by atoms with Crippen LogP contribution in [0.1, 0.15) is 25.7 Å². The molecule has 3 aromatic carbocycles. The third kappa shape index (κ3) is 5.18. The molecule has 1 fully saturated rings. The lowest BCUT2D eigenvalue weighted by atomic mass is 10.1. The van der Waals surface area contributed by atoms with Crippen LogP contribution in [0.2, 0.25) is 5.02 Å². The zero-order chi connectivity index (χ0) is 21.8. The minimum atomic E-state index is -3.65. The van der Waals surface area contributed by atoms with Crippen LogP contribution in [0, 0.1) is 0 Å². The highest BCUT2D eigenvalue weighted by molar-refractivity contribution is 7.89. The predicted octanol–water partition coefficient (Wildman–Crippen LogP) is 4.73. The van der Waals surface area contributed by atoms with Gasteiger partial charge in [-0.1, -0.05) is 60.8 Å². The number of carbonyl (C=O) groups is 1. The Hall–Kier alpha value is -2.61. The fourth-order valence-electron chi connectivity index (χ4n) is 3.76. The maximum absolute atomic E-state index is 12.6. The van der Waals surface area contributed by atoms with Gasteiger partial charge in [-0.2, -0.15) is 0 Å². The molecule has 3 aromatic rings. The summed E-state index contributed by atoms with van der Waals surface area (Å²) >= 11 is 6.22. The molecule has 0 unspecified atom stereocenters. The zero-order valence-electron chi connectivity index (χ0n) is 16.8. The first-order valence-electron chi connectivity index (χ1n) is 10.1. The van der Waals surface area contributed by atoms with Crippen LogP contribution in [0.5, 0.6) is 5.75 Å². The van der Waals surface area contributed by atoms with E-state index in [1.807, 2.05) is 42.5 Å². The van der Waals surface area contributed by atoms with Crippen molar-refractivity contribution in [1.29, 1.82) is 0 Å². The molecule has 2 N–H and O–H groups in total. The molecule has 0 aliphatic heterocycles. The molecule has 1 saturated carbocycles. The fourth-order valence-corrected chi connectivity index (χ4v) is 5.39. The van der Waals surface area contributed by atoms with E-state index in [9.17, 15) is 13.2 Å². The normalized spacial score (nSPS) is 14.6. The number of rotatable bonds is 7. The first-order valence-corrected chi connectivity index (χ1v) is 12.0. The van der Waals surface area contributed by atoms with Crippen molar-refractivity contribution in [2.45, 2.75) is 36.6 Å². The molecule has 0 saturated heterocycles. The second-order valence-electron chi connectivity index (χ2n) is 7.56. The standard InChI is InChI=1S/C23H23ClN2O4S/c24-20-14-18(31(28,29)26-17-8-2-3-9-17)12-13-22(20)30-15-23(27)25-21-11-5-7-16-6-1-4-10-19(16)21/h1,4-7,10-14,17,26H,2-3,8-9,15H2,(H,25,27). The highest BCUT2D eigenvalue weighted by atomic mass is 35.5. The summed E-state index contributed by atoms with van der Waals surface area (Å²) in [5.41, 5.74) is 0.692. The molecule has 162 valence electrons. The van der Waals surface area contributed by atoms with Gasteiger partial charge in [0, 0.05) is 17.1 Å². The molecule has 1 amide bonds. The monoisotopic (exact) mass is 458 g/mol. The summed E-state index contributed by atoms with van der Waals surface area (Å²) in [6.45, 7) is -0.255. The number of hydrogen-bond donors (Lipinski definition) is 2. The predicted molar refractivity (Wildman–Crippen MR) is 122 cm³/mol. The van der Waals surface area contributed by atoms with E-state index in [0.717, 1.165) is 36.5 Å². The van der Waals surface area contributed by atoms with E-state index in [1.54, 1.807) is 0 Å². The molecule has 31 heavy (non-hydrogen) atoms. The topological polar surface area (TPSA) is 84.5 Å². The Kier molecular flexibility index (Phi) is 6.46. The smallest absolute Gasteiger partial charge is 0.262 e. The van der Waals surface area contributed by atoms with Crippen molar-refractivity contribution >= 4 is 44.0 Å². The lowest BCUT2D eigenvalue weighted by molar-refractivity contribution is -0.118. The summed E-state index contributed by atoms with van der Waals surface area (Å²) < 4.78 is 33.4. The number of anilines is 1. The fraction of sp³-hybridized carbons (Fsp3) is 0.261. The molecular formula is C23H23ClN2O4S. The molecule has 0 aromatic heterocycles. The average Bonchev–Trinajstić information content (AvgIpc) is 3.25. The van der Waals surface area contributed by atoms with E-state index in [1.165, 1.54) is 18.2 Å². The molecule has 0 atom stereocenters. The first-order chi connectivity index (χ1) is 14.9. The molecule has 1 aliphatic carbocycles. The van der Waals surface area contributed by atoms with Gasteiger partial charge in [0.1, 0.15) is 5.75 Å². The van der Waals surface area contributed by atoms with Gasteiger partial charge >= 0.3 is 0 Å². The summed E-state index contributed by atoms with van der Waals surface area (Å²) in [6.07, 6.45) is 3.75. The van der Waals surface area contributed by atoms with Crippen molar-refractivity contribution in [3.63, 3.8) is 0 Å².